The third kappa shape index (κ3) is 5.45. The van der Waals surface area contributed by atoms with Crippen LogP contribution >= 0.6 is 0 Å². The molecule has 0 saturated carbocycles. The van der Waals surface area contributed by atoms with Crippen molar-refractivity contribution in [2.75, 3.05) is 21.3 Å². The fourth-order valence-electron chi connectivity index (χ4n) is 4.37. The van der Waals surface area contributed by atoms with Crippen molar-refractivity contribution < 1.29 is 28.2 Å². The number of rotatable bonds is 9. The van der Waals surface area contributed by atoms with Crippen LogP contribution < -0.4 is 19.6 Å². The number of benzene rings is 3. The Morgan fingerprint density at radius 2 is 1.54 bits per heavy atom. The van der Waals surface area contributed by atoms with Crippen LogP contribution in [0.25, 0.3) is 22.1 Å². The van der Waals surface area contributed by atoms with Crippen molar-refractivity contribution in [3.8, 4) is 28.4 Å². The first kappa shape index (κ1) is 25.8. The highest BCUT2D eigenvalue weighted by Gasteiger charge is 2.27. The Morgan fingerprint density at radius 3 is 2.14 bits per heavy atom. The van der Waals surface area contributed by atoms with Gasteiger partial charge in [-0.2, -0.15) is 0 Å². The number of methoxy groups -OCH3 is 3. The second kappa shape index (κ2) is 11.2. The lowest BCUT2D eigenvalue weighted by Crippen LogP contribution is -2.13. The Kier molecular flexibility index (Phi) is 7.82. The predicted octanol–water partition coefficient (Wildman–Crippen LogP) is 5.96. The fourth-order valence-corrected chi connectivity index (χ4v) is 4.37. The largest absolute Gasteiger partial charge is 0.497 e. The first-order valence-electron chi connectivity index (χ1n) is 12.0. The molecule has 37 heavy (non-hydrogen) atoms. The van der Waals surface area contributed by atoms with Crippen LogP contribution in [0.1, 0.15) is 37.3 Å². The van der Waals surface area contributed by atoms with Gasteiger partial charge < -0.3 is 23.4 Å². The normalized spacial score (nSPS) is 11.8. The zero-order valence-corrected chi connectivity index (χ0v) is 21.6. The minimum atomic E-state index is -0.491. The van der Waals surface area contributed by atoms with E-state index in [1.165, 1.54) is 13.4 Å². The summed E-state index contributed by atoms with van der Waals surface area (Å²) < 4.78 is 27.8. The number of carbonyl (C=O) groups excluding carboxylic acids is 1. The molecule has 0 amide bonds. The highest BCUT2D eigenvalue weighted by molar-refractivity contribution is 5.87. The molecule has 0 spiro atoms. The quantitative estimate of drug-likeness (QED) is 0.261. The lowest BCUT2D eigenvalue weighted by molar-refractivity contribution is -0.140. The van der Waals surface area contributed by atoms with Crippen molar-refractivity contribution >= 4 is 16.9 Å². The second-order valence-electron chi connectivity index (χ2n) is 8.83. The SMILES string of the molecule is COC(=O)CC(c1ccc(OC(C)C)cc1)c1c(OC)ccc2c(=O)c(-c3ccc(OC)cc3)coc12. The van der Waals surface area contributed by atoms with Crippen LogP contribution in [0, 0.1) is 0 Å². The number of ether oxygens (including phenoxy) is 4. The summed E-state index contributed by atoms with van der Waals surface area (Å²) in [5.74, 6) is 1.02. The molecule has 1 atom stereocenters. The van der Waals surface area contributed by atoms with E-state index in [0.717, 1.165) is 11.3 Å². The molecule has 0 aliphatic rings. The Bertz CT molecular complexity index is 1430. The predicted molar refractivity (Wildman–Crippen MR) is 142 cm³/mol. The van der Waals surface area contributed by atoms with Crippen LogP contribution in [0.5, 0.6) is 17.2 Å². The Morgan fingerprint density at radius 1 is 0.865 bits per heavy atom. The topological polar surface area (TPSA) is 84.2 Å². The minimum Gasteiger partial charge on any atom is -0.497 e. The van der Waals surface area contributed by atoms with Gasteiger partial charge in [0.2, 0.25) is 5.43 Å². The average Bonchev–Trinajstić information content (AvgIpc) is 2.91. The fraction of sp³-hybridized carbons (Fsp3) is 0.267. The maximum atomic E-state index is 13.6. The average molecular weight is 503 g/mol. The molecule has 0 radical (unpaired) electrons. The molecule has 192 valence electrons. The van der Waals surface area contributed by atoms with Crippen molar-refractivity contribution in [1.29, 1.82) is 0 Å². The summed E-state index contributed by atoms with van der Waals surface area (Å²) >= 11 is 0. The van der Waals surface area contributed by atoms with Crippen LogP contribution in [0.2, 0.25) is 0 Å². The molecule has 7 heteroatoms. The van der Waals surface area contributed by atoms with E-state index >= 15 is 0 Å². The van der Waals surface area contributed by atoms with Gasteiger partial charge in [0.25, 0.3) is 0 Å². The summed E-state index contributed by atoms with van der Waals surface area (Å²) in [4.78, 5) is 26.1. The van der Waals surface area contributed by atoms with Crippen LogP contribution in [-0.4, -0.2) is 33.4 Å². The smallest absolute Gasteiger partial charge is 0.306 e. The van der Waals surface area contributed by atoms with Gasteiger partial charge in [0, 0.05) is 11.5 Å². The van der Waals surface area contributed by atoms with Gasteiger partial charge in [-0.05, 0) is 61.4 Å². The van der Waals surface area contributed by atoms with E-state index in [1.54, 1.807) is 38.5 Å². The van der Waals surface area contributed by atoms with Crippen LogP contribution in [-0.2, 0) is 9.53 Å². The minimum absolute atomic E-state index is 0.0281. The van der Waals surface area contributed by atoms with Gasteiger partial charge in [0.15, 0.2) is 0 Å². The molecule has 1 aromatic heterocycles. The summed E-state index contributed by atoms with van der Waals surface area (Å²) in [6.45, 7) is 3.91. The van der Waals surface area contributed by atoms with E-state index in [9.17, 15) is 9.59 Å². The number of esters is 1. The monoisotopic (exact) mass is 502 g/mol. The molecule has 1 unspecified atom stereocenters. The molecular weight excluding hydrogens is 472 g/mol. The highest BCUT2D eigenvalue weighted by atomic mass is 16.5. The van der Waals surface area contributed by atoms with Crippen LogP contribution in [0.3, 0.4) is 0 Å². The molecule has 0 N–H and O–H groups in total. The summed E-state index contributed by atoms with van der Waals surface area (Å²) in [5.41, 5.74) is 2.73. The van der Waals surface area contributed by atoms with E-state index < -0.39 is 11.9 Å². The summed E-state index contributed by atoms with van der Waals surface area (Å²) in [6, 6.07) is 18.1. The maximum Gasteiger partial charge on any atom is 0.306 e. The lowest BCUT2D eigenvalue weighted by Gasteiger charge is -2.21. The first-order valence-corrected chi connectivity index (χ1v) is 12.0. The number of hydrogen-bond acceptors (Lipinski definition) is 7. The van der Waals surface area contributed by atoms with E-state index in [1.807, 2.05) is 50.2 Å². The van der Waals surface area contributed by atoms with E-state index in [4.69, 9.17) is 23.4 Å². The third-order valence-electron chi connectivity index (χ3n) is 6.16. The lowest BCUT2D eigenvalue weighted by atomic mass is 9.86. The Hall–Kier alpha value is -4.26. The van der Waals surface area contributed by atoms with Gasteiger partial charge in [-0.25, -0.2) is 0 Å². The molecule has 0 aliphatic carbocycles. The molecule has 7 nitrogen and oxygen atoms in total. The summed E-state index contributed by atoms with van der Waals surface area (Å²) in [5, 5.41) is 0.388. The zero-order chi connectivity index (χ0) is 26.5. The molecule has 4 aromatic rings. The van der Waals surface area contributed by atoms with Gasteiger partial charge >= 0.3 is 5.97 Å². The number of fused-ring (bicyclic) bond motifs is 1. The Balaban J connectivity index is 1.88. The van der Waals surface area contributed by atoms with Crippen molar-refractivity contribution in [2.45, 2.75) is 32.3 Å². The van der Waals surface area contributed by atoms with Crippen LogP contribution in [0.15, 0.2) is 76.1 Å². The highest BCUT2D eigenvalue weighted by Crippen LogP contribution is 2.40. The zero-order valence-electron chi connectivity index (χ0n) is 21.6. The van der Waals surface area contributed by atoms with Gasteiger partial charge in [-0.15, -0.1) is 0 Å². The molecule has 4 rings (SSSR count). The van der Waals surface area contributed by atoms with Crippen LogP contribution in [0.4, 0.5) is 0 Å². The maximum absolute atomic E-state index is 13.6. The van der Waals surface area contributed by atoms with Crippen molar-refractivity contribution in [3.63, 3.8) is 0 Å². The van der Waals surface area contributed by atoms with E-state index in [-0.39, 0.29) is 18.0 Å². The van der Waals surface area contributed by atoms with Gasteiger partial charge in [0.1, 0.15) is 29.1 Å². The van der Waals surface area contributed by atoms with Gasteiger partial charge in [-0.3, -0.25) is 9.59 Å². The molecule has 3 aromatic carbocycles. The van der Waals surface area contributed by atoms with Gasteiger partial charge in [-0.1, -0.05) is 24.3 Å². The summed E-state index contributed by atoms with van der Waals surface area (Å²) in [7, 11) is 4.48. The van der Waals surface area contributed by atoms with Crippen molar-refractivity contribution in [2.24, 2.45) is 0 Å². The Labute approximate surface area is 215 Å². The van der Waals surface area contributed by atoms with Crippen molar-refractivity contribution in [3.05, 3.63) is 88.3 Å². The number of hydrogen-bond donors (Lipinski definition) is 0. The van der Waals surface area contributed by atoms with E-state index in [2.05, 4.69) is 0 Å². The molecule has 0 aliphatic heterocycles. The molecular formula is C30H30O7. The van der Waals surface area contributed by atoms with Crippen molar-refractivity contribution in [1.82, 2.24) is 0 Å². The number of carbonyl (C=O) groups is 1. The molecule has 1 heterocycles. The summed E-state index contributed by atoms with van der Waals surface area (Å²) in [6.07, 6.45) is 1.51. The van der Waals surface area contributed by atoms with E-state index in [0.29, 0.717) is 39.2 Å². The van der Waals surface area contributed by atoms with Gasteiger partial charge in [0.05, 0.1) is 44.8 Å². The third-order valence-corrected chi connectivity index (χ3v) is 6.16. The molecule has 0 fully saturated rings. The molecule has 0 saturated heterocycles. The first-order chi connectivity index (χ1) is 17.9. The standard InChI is InChI=1S/C30H30O7/c1-18(2)37-22-12-8-19(9-13-22)24(16-27(31)35-5)28-26(34-4)15-14-23-29(32)25(17-36-30(23)28)20-6-10-21(33-3)11-7-20/h6-15,17-18,24H,16H2,1-5H3. The second-order valence-corrected chi connectivity index (χ2v) is 8.83. The molecule has 0 bridgehead atoms.